The van der Waals surface area contributed by atoms with E-state index in [0.717, 1.165) is 13.1 Å². The minimum absolute atomic E-state index is 0.246. The van der Waals surface area contributed by atoms with Crippen LogP contribution in [-0.4, -0.2) is 18.8 Å². The first-order valence-corrected chi connectivity index (χ1v) is 5.57. The summed E-state index contributed by atoms with van der Waals surface area (Å²) in [6.45, 7) is 8.89. The smallest absolute Gasteiger partial charge is 0.0533 e. The molecule has 0 spiro atoms. The fourth-order valence-corrected chi connectivity index (χ4v) is 2.13. The fourth-order valence-electron chi connectivity index (χ4n) is 2.13. The van der Waals surface area contributed by atoms with E-state index in [1.54, 1.807) is 5.57 Å². The summed E-state index contributed by atoms with van der Waals surface area (Å²) in [7, 11) is 0. The van der Waals surface area contributed by atoms with Crippen molar-refractivity contribution in [2.45, 2.75) is 40.0 Å². The molecule has 0 amide bonds. The van der Waals surface area contributed by atoms with Crippen LogP contribution in [0.25, 0.3) is 0 Å². The minimum atomic E-state index is 0.246. The molecule has 2 aliphatic rings. The van der Waals surface area contributed by atoms with Gasteiger partial charge in [0.2, 0.25) is 0 Å². The monoisotopic (exact) mass is 192 g/mol. The largest absolute Gasteiger partial charge is 0.311 e. The van der Waals surface area contributed by atoms with Crippen molar-refractivity contribution < 1.29 is 0 Å². The lowest BCUT2D eigenvalue weighted by molar-refractivity contribution is 0.559. The molecular formula is C12H20N2. The van der Waals surface area contributed by atoms with Gasteiger partial charge in [-0.15, -0.1) is 0 Å². The van der Waals surface area contributed by atoms with Crippen molar-refractivity contribution in [2.75, 3.05) is 13.1 Å². The summed E-state index contributed by atoms with van der Waals surface area (Å²) < 4.78 is 0. The molecule has 0 unspecified atom stereocenters. The van der Waals surface area contributed by atoms with Gasteiger partial charge in [0.1, 0.15) is 0 Å². The first-order valence-electron chi connectivity index (χ1n) is 5.57. The van der Waals surface area contributed by atoms with E-state index < -0.39 is 0 Å². The second kappa shape index (κ2) is 3.50. The van der Waals surface area contributed by atoms with Gasteiger partial charge in [-0.25, -0.2) is 0 Å². The minimum Gasteiger partial charge on any atom is -0.311 e. The van der Waals surface area contributed by atoms with E-state index in [4.69, 9.17) is 4.99 Å². The summed E-state index contributed by atoms with van der Waals surface area (Å²) in [5.41, 5.74) is 4.54. The highest BCUT2D eigenvalue weighted by Gasteiger charge is 2.24. The van der Waals surface area contributed by atoms with Gasteiger partial charge < -0.3 is 5.32 Å². The molecule has 2 heterocycles. The normalized spacial score (nSPS) is 23.2. The van der Waals surface area contributed by atoms with Crippen LogP contribution in [-0.2, 0) is 0 Å². The molecule has 0 radical (unpaired) electrons. The van der Waals surface area contributed by atoms with E-state index >= 15 is 0 Å². The van der Waals surface area contributed by atoms with Gasteiger partial charge in [0.15, 0.2) is 0 Å². The quantitative estimate of drug-likeness (QED) is 0.626. The molecular weight excluding hydrogens is 172 g/mol. The lowest BCUT2D eigenvalue weighted by atomic mass is 9.83. The van der Waals surface area contributed by atoms with Crippen molar-refractivity contribution in [2.24, 2.45) is 10.4 Å². The maximum absolute atomic E-state index is 4.81. The number of aliphatic imine (C=N–C) groups is 1. The Morgan fingerprint density at radius 3 is 2.64 bits per heavy atom. The maximum Gasteiger partial charge on any atom is 0.0533 e. The van der Waals surface area contributed by atoms with Crippen LogP contribution in [0.15, 0.2) is 16.3 Å². The van der Waals surface area contributed by atoms with Crippen LogP contribution in [0.5, 0.6) is 0 Å². The molecule has 0 fully saturated rings. The highest BCUT2D eigenvalue weighted by atomic mass is 14.9. The van der Waals surface area contributed by atoms with Crippen LogP contribution in [0.4, 0.5) is 0 Å². The second-order valence-corrected chi connectivity index (χ2v) is 5.29. The molecule has 0 saturated carbocycles. The van der Waals surface area contributed by atoms with E-state index in [0.29, 0.717) is 0 Å². The van der Waals surface area contributed by atoms with E-state index in [2.05, 4.69) is 26.1 Å². The van der Waals surface area contributed by atoms with Crippen molar-refractivity contribution in [3.05, 3.63) is 11.3 Å². The molecule has 2 heteroatoms. The maximum atomic E-state index is 4.81. The first-order chi connectivity index (χ1) is 6.57. The van der Waals surface area contributed by atoms with E-state index in [1.165, 1.54) is 30.7 Å². The van der Waals surface area contributed by atoms with Gasteiger partial charge in [-0.05, 0) is 31.4 Å². The predicted octanol–water partition coefficient (Wildman–Crippen LogP) is 2.51. The molecule has 78 valence electrons. The summed E-state index contributed by atoms with van der Waals surface area (Å²) in [5.74, 6) is 0. The molecule has 0 aromatic carbocycles. The molecule has 0 atom stereocenters. The number of hydrogen-bond donors (Lipinski definition) is 1. The molecule has 2 nitrogen and oxygen atoms in total. The van der Waals surface area contributed by atoms with Crippen LogP contribution >= 0.6 is 0 Å². The van der Waals surface area contributed by atoms with Crippen LogP contribution in [0.2, 0.25) is 0 Å². The summed E-state index contributed by atoms with van der Waals surface area (Å²) in [4.78, 5) is 4.81. The first kappa shape index (κ1) is 9.91. The van der Waals surface area contributed by atoms with E-state index in [1.807, 2.05) is 0 Å². The summed E-state index contributed by atoms with van der Waals surface area (Å²) >= 11 is 0. The third kappa shape index (κ3) is 1.90. The van der Waals surface area contributed by atoms with Crippen molar-refractivity contribution >= 4 is 5.71 Å². The zero-order valence-corrected chi connectivity index (χ0v) is 9.48. The zero-order chi connectivity index (χ0) is 10.2. The van der Waals surface area contributed by atoms with Gasteiger partial charge in [-0.2, -0.15) is 0 Å². The van der Waals surface area contributed by atoms with Gasteiger partial charge in [0.05, 0.1) is 5.70 Å². The summed E-state index contributed by atoms with van der Waals surface area (Å²) in [6, 6.07) is 0. The van der Waals surface area contributed by atoms with Crippen molar-refractivity contribution in [1.29, 1.82) is 0 Å². The van der Waals surface area contributed by atoms with Crippen LogP contribution in [0, 0.1) is 5.41 Å². The van der Waals surface area contributed by atoms with Crippen molar-refractivity contribution in [3.8, 4) is 0 Å². The highest BCUT2D eigenvalue weighted by Crippen LogP contribution is 2.30. The van der Waals surface area contributed by atoms with E-state index in [-0.39, 0.29) is 5.41 Å². The topological polar surface area (TPSA) is 24.4 Å². The molecule has 0 aliphatic carbocycles. The Morgan fingerprint density at radius 1 is 1.14 bits per heavy atom. The lowest BCUT2D eigenvalue weighted by Crippen LogP contribution is -2.30. The van der Waals surface area contributed by atoms with E-state index in [9.17, 15) is 0 Å². The number of hydrogen-bond acceptors (Lipinski definition) is 2. The Bertz CT molecular complexity index is 292. The molecule has 2 aliphatic heterocycles. The summed E-state index contributed by atoms with van der Waals surface area (Å²) in [6.07, 6.45) is 3.62. The van der Waals surface area contributed by atoms with Crippen LogP contribution in [0.3, 0.4) is 0 Å². The van der Waals surface area contributed by atoms with Crippen LogP contribution < -0.4 is 5.32 Å². The molecule has 0 aromatic rings. The van der Waals surface area contributed by atoms with Gasteiger partial charge in [0.25, 0.3) is 0 Å². The Hall–Kier alpha value is -0.630. The Morgan fingerprint density at radius 2 is 1.93 bits per heavy atom. The Balaban J connectivity index is 2.25. The highest BCUT2D eigenvalue weighted by molar-refractivity contribution is 5.91. The SMILES string of the molecule is CC(C)(C)C1=NC2=C(CCNC2)CC1. The predicted molar refractivity (Wildman–Crippen MR) is 60.6 cm³/mol. The molecule has 0 saturated heterocycles. The lowest BCUT2D eigenvalue weighted by Gasteiger charge is -2.29. The third-order valence-electron chi connectivity index (χ3n) is 3.10. The zero-order valence-electron chi connectivity index (χ0n) is 9.48. The average molecular weight is 192 g/mol. The van der Waals surface area contributed by atoms with Crippen LogP contribution in [0.1, 0.15) is 40.0 Å². The standard InChI is InChI=1S/C12H20N2/c1-12(2,3)11-5-4-9-6-7-13-8-10(9)14-11/h13H,4-8H2,1-3H3. The van der Waals surface area contributed by atoms with Crippen molar-refractivity contribution in [1.82, 2.24) is 5.32 Å². The number of nitrogens with zero attached hydrogens (tertiary/aromatic N) is 1. The molecule has 0 bridgehead atoms. The van der Waals surface area contributed by atoms with Gasteiger partial charge in [-0.1, -0.05) is 20.8 Å². The Labute approximate surface area is 86.5 Å². The molecule has 14 heavy (non-hydrogen) atoms. The second-order valence-electron chi connectivity index (χ2n) is 5.29. The third-order valence-corrected chi connectivity index (χ3v) is 3.10. The van der Waals surface area contributed by atoms with Gasteiger partial charge in [0, 0.05) is 17.7 Å². The number of nitrogens with one attached hydrogen (secondary N) is 1. The number of rotatable bonds is 0. The molecule has 2 rings (SSSR count). The van der Waals surface area contributed by atoms with Crippen molar-refractivity contribution in [3.63, 3.8) is 0 Å². The molecule has 0 aromatic heterocycles. The average Bonchev–Trinajstić information content (AvgIpc) is 2.16. The molecule has 1 N–H and O–H groups in total. The van der Waals surface area contributed by atoms with Gasteiger partial charge in [-0.3, -0.25) is 4.99 Å². The fraction of sp³-hybridized carbons (Fsp3) is 0.750. The Kier molecular flexibility index (Phi) is 2.48. The summed E-state index contributed by atoms with van der Waals surface area (Å²) in [5, 5.41) is 3.39. The van der Waals surface area contributed by atoms with Gasteiger partial charge >= 0.3 is 0 Å².